The standard InChI is InChI=1S/C15H21N3O5S/c1-11(2)16-5-7-17(8-6-16)15(19)13-4-3-12(10-24(22)23)9-14(13)18(20)21/h3-4,9,11H,5-8,10H2,1-2H3,(H,22,23). The lowest BCUT2D eigenvalue weighted by Crippen LogP contribution is -2.50. The second-order valence-electron chi connectivity index (χ2n) is 6.00. The highest BCUT2D eigenvalue weighted by Gasteiger charge is 2.28. The van der Waals surface area contributed by atoms with E-state index in [4.69, 9.17) is 4.55 Å². The summed E-state index contributed by atoms with van der Waals surface area (Å²) in [6, 6.07) is 4.46. The van der Waals surface area contributed by atoms with Crippen LogP contribution in [0, 0.1) is 10.1 Å². The first-order valence-electron chi connectivity index (χ1n) is 7.67. The summed E-state index contributed by atoms with van der Waals surface area (Å²) < 4.78 is 19.8. The van der Waals surface area contributed by atoms with Crippen molar-refractivity contribution in [3.8, 4) is 0 Å². The van der Waals surface area contributed by atoms with Gasteiger partial charge in [0.2, 0.25) is 0 Å². The number of carbonyl (C=O) groups excluding carboxylic acids is 1. The molecule has 1 amide bonds. The summed E-state index contributed by atoms with van der Waals surface area (Å²) in [5.74, 6) is -0.579. The molecule has 24 heavy (non-hydrogen) atoms. The van der Waals surface area contributed by atoms with E-state index >= 15 is 0 Å². The van der Waals surface area contributed by atoms with Gasteiger partial charge in [-0.25, -0.2) is 4.21 Å². The Kier molecular flexibility index (Phi) is 6.03. The first-order valence-corrected chi connectivity index (χ1v) is 8.95. The monoisotopic (exact) mass is 355 g/mol. The van der Waals surface area contributed by atoms with Crippen LogP contribution in [0.3, 0.4) is 0 Å². The summed E-state index contributed by atoms with van der Waals surface area (Å²) in [4.78, 5) is 27.1. The zero-order chi connectivity index (χ0) is 17.9. The molecule has 1 aliphatic rings. The van der Waals surface area contributed by atoms with Crippen LogP contribution >= 0.6 is 0 Å². The number of amides is 1. The molecular formula is C15H21N3O5S. The number of rotatable bonds is 5. The minimum Gasteiger partial charge on any atom is -0.336 e. The van der Waals surface area contributed by atoms with Crippen molar-refractivity contribution in [1.82, 2.24) is 9.80 Å². The van der Waals surface area contributed by atoms with E-state index in [1.165, 1.54) is 18.2 Å². The van der Waals surface area contributed by atoms with E-state index in [2.05, 4.69) is 18.7 Å². The molecule has 0 spiro atoms. The lowest BCUT2D eigenvalue weighted by atomic mass is 10.1. The van der Waals surface area contributed by atoms with Crippen molar-refractivity contribution in [3.63, 3.8) is 0 Å². The van der Waals surface area contributed by atoms with Crippen LogP contribution in [-0.2, 0) is 16.8 Å². The molecule has 0 saturated carbocycles. The van der Waals surface area contributed by atoms with Gasteiger partial charge in [-0.15, -0.1) is 0 Å². The Hall–Kier alpha value is -1.84. The fourth-order valence-corrected chi connectivity index (χ4v) is 3.22. The fourth-order valence-electron chi connectivity index (χ4n) is 2.75. The number of carbonyl (C=O) groups is 1. The van der Waals surface area contributed by atoms with E-state index < -0.39 is 16.0 Å². The summed E-state index contributed by atoms with van der Waals surface area (Å²) in [5, 5.41) is 11.3. The number of piperazine rings is 1. The molecular weight excluding hydrogens is 334 g/mol. The van der Waals surface area contributed by atoms with Crippen LogP contribution < -0.4 is 0 Å². The molecule has 9 heteroatoms. The van der Waals surface area contributed by atoms with Crippen molar-refractivity contribution in [2.75, 3.05) is 26.2 Å². The van der Waals surface area contributed by atoms with E-state index in [9.17, 15) is 19.1 Å². The van der Waals surface area contributed by atoms with E-state index in [0.29, 0.717) is 24.7 Å². The topological polar surface area (TPSA) is 104 Å². The van der Waals surface area contributed by atoms with E-state index in [1.807, 2.05) is 0 Å². The molecule has 0 aromatic heterocycles. The van der Waals surface area contributed by atoms with Gasteiger partial charge in [0.15, 0.2) is 11.1 Å². The van der Waals surface area contributed by atoms with Crippen LogP contribution in [0.5, 0.6) is 0 Å². The summed E-state index contributed by atoms with van der Waals surface area (Å²) in [6.45, 7) is 6.70. The summed E-state index contributed by atoms with van der Waals surface area (Å²) in [5.41, 5.74) is 0.0448. The molecule has 0 radical (unpaired) electrons. The van der Waals surface area contributed by atoms with Crippen molar-refractivity contribution in [1.29, 1.82) is 0 Å². The van der Waals surface area contributed by atoms with Gasteiger partial charge in [0.05, 0.1) is 10.7 Å². The third-order valence-corrected chi connectivity index (χ3v) is 4.69. The van der Waals surface area contributed by atoms with Gasteiger partial charge in [0.1, 0.15) is 5.56 Å². The maximum Gasteiger partial charge on any atom is 0.282 e. The largest absolute Gasteiger partial charge is 0.336 e. The van der Waals surface area contributed by atoms with Crippen LogP contribution in [-0.4, -0.2) is 61.6 Å². The number of nitro groups is 1. The molecule has 132 valence electrons. The summed E-state index contributed by atoms with van der Waals surface area (Å²) in [7, 11) is 0. The van der Waals surface area contributed by atoms with Crippen LogP contribution in [0.25, 0.3) is 0 Å². The Labute approximate surface area is 142 Å². The average molecular weight is 355 g/mol. The van der Waals surface area contributed by atoms with Crippen molar-refractivity contribution >= 4 is 22.7 Å². The van der Waals surface area contributed by atoms with E-state index in [0.717, 1.165) is 13.1 Å². The first kappa shape index (κ1) is 18.5. The van der Waals surface area contributed by atoms with E-state index in [-0.39, 0.29) is 22.9 Å². The summed E-state index contributed by atoms with van der Waals surface area (Å²) >= 11 is -2.09. The zero-order valence-corrected chi connectivity index (χ0v) is 14.5. The Morgan fingerprint density at radius 2 is 1.96 bits per heavy atom. The number of hydrogen-bond donors (Lipinski definition) is 1. The second kappa shape index (κ2) is 7.82. The van der Waals surface area contributed by atoms with Crippen molar-refractivity contribution in [2.24, 2.45) is 0 Å². The van der Waals surface area contributed by atoms with Crippen LogP contribution in [0.15, 0.2) is 18.2 Å². The second-order valence-corrected chi connectivity index (χ2v) is 6.93. The highest BCUT2D eigenvalue weighted by atomic mass is 32.2. The van der Waals surface area contributed by atoms with Gasteiger partial charge in [-0.1, -0.05) is 6.07 Å². The molecule has 1 saturated heterocycles. The highest BCUT2D eigenvalue weighted by Crippen LogP contribution is 2.23. The van der Waals surface area contributed by atoms with Gasteiger partial charge in [-0.05, 0) is 25.5 Å². The number of nitrogens with zero attached hydrogens (tertiary/aromatic N) is 3. The quantitative estimate of drug-likeness (QED) is 0.487. The lowest BCUT2D eigenvalue weighted by molar-refractivity contribution is -0.385. The number of hydrogen-bond acceptors (Lipinski definition) is 5. The minimum atomic E-state index is -2.09. The van der Waals surface area contributed by atoms with Crippen LogP contribution in [0.1, 0.15) is 29.8 Å². The maximum absolute atomic E-state index is 12.6. The highest BCUT2D eigenvalue weighted by molar-refractivity contribution is 7.78. The van der Waals surface area contributed by atoms with Gasteiger partial charge in [-0.3, -0.25) is 19.8 Å². The fraction of sp³-hybridized carbons (Fsp3) is 0.533. The van der Waals surface area contributed by atoms with Crippen molar-refractivity contribution in [2.45, 2.75) is 25.6 Å². The maximum atomic E-state index is 12.6. The van der Waals surface area contributed by atoms with Crippen LogP contribution in [0.2, 0.25) is 0 Å². The van der Waals surface area contributed by atoms with Gasteiger partial charge in [0.25, 0.3) is 11.6 Å². The van der Waals surface area contributed by atoms with Gasteiger partial charge >= 0.3 is 0 Å². The predicted molar refractivity (Wildman–Crippen MR) is 90.2 cm³/mol. The Bertz CT molecular complexity index is 657. The van der Waals surface area contributed by atoms with Crippen molar-refractivity contribution < 1.29 is 18.5 Å². The first-order chi connectivity index (χ1) is 11.3. The Morgan fingerprint density at radius 1 is 1.33 bits per heavy atom. The summed E-state index contributed by atoms with van der Waals surface area (Å²) in [6.07, 6.45) is 0. The smallest absolute Gasteiger partial charge is 0.282 e. The molecule has 8 nitrogen and oxygen atoms in total. The molecule has 1 aromatic carbocycles. The average Bonchev–Trinajstić information content (AvgIpc) is 2.53. The van der Waals surface area contributed by atoms with E-state index in [1.54, 1.807) is 4.90 Å². The normalized spacial score (nSPS) is 17.1. The zero-order valence-electron chi connectivity index (χ0n) is 13.7. The molecule has 1 aromatic rings. The SMILES string of the molecule is CC(C)N1CCN(C(=O)c2ccc(CS(=O)O)cc2[N+](=O)[O-])CC1. The van der Waals surface area contributed by atoms with Gasteiger partial charge < -0.3 is 9.45 Å². The predicted octanol–water partition coefficient (Wildman–Crippen LogP) is 1.48. The van der Waals surface area contributed by atoms with Crippen LogP contribution in [0.4, 0.5) is 5.69 Å². The van der Waals surface area contributed by atoms with Crippen molar-refractivity contribution in [3.05, 3.63) is 39.4 Å². The minimum absolute atomic E-state index is 0.0190. The molecule has 1 aliphatic heterocycles. The molecule has 1 fully saturated rings. The molecule has 0 bridgehead atoms. The molecule has 1 heterocycles. The molecule has 2 rings (SSSR count). The molecule has 1 N–H and O–H groups in total. The van der Waals surface area contributed by atoms with Gasteiger partial charge in [0, 0.05) is 38.3 Å². The third-order valence-electron chi connectivity index (χ3n) is 4.11. The Morgan fingerprint density at radius 3 is 2.46 bits per heavy atom. The number of benzene rings is 1. The number of nitro benzene ring substituents is 1. The lowest BCUT2D eigenvalue weighted by Gasteiger charge is -2.36. The van der Waals surface area contributed by atoms with Gasteiger partial charge in [-0.2, -0.15) is 0 Å². The third kappa shape index (κ3) is 4.37. The Balaban J connectivity index is 2.20. The molecule has 1 atom stereocenters. The molecule has 1 unspecified atom stereocenters. The molecule has 0 aliphatic carbocycles.